The van der Waals surface area contributed by atoms with Gasteiger partial charge in [0.1, 0.15) is 10.4 Å². The summed E-state index contributed by atoms with van der Waals surface area (Å²) in [6, 6.07) is 4.85. The van der Waals surface area contributed by atoms with E-state index in [1.807, 2.05) is 12.1 Å². The molecule has 2 aromatic heterocycles. The summed E-state index contributed by atoms with van der Waals surface area (Å²) in [5, 5.41) is 3.33. The number of carbonyl (C=O) groups is 1. The standard InChI is InChI=1S/C26H25ClF3N5O3S2/c1-34-6-7-40(37,38)21-10-20(39-23(21)24(34)36)22-17(26(28,29)30)11-31-25(33-22)32-19-9-15-4-5-35(12-14-2-3-14)13-16(15)8-18(19)27/h8-11,14H,2-7,12-13H2,1H3,(H,31,32,33). The fourth-order valence-electron chi connectivity index (χ4n) is 5.03. The van der Waals surface area contributed by atoms with Crippen molar-refractivity contribution < 1.29 is 26.4 Å². The number of nitrogens with zero attached hydrogens (tertiary/aromatic N) is 4. The average molecular weight is 612 g/mol. The third-order valence-corrected chi connectivity index (χ3v) is 10.7. The maximum Gasteiger partial charge on any atom is 0.420 e. The molecule has 40 heavy (non-hydrogen) atoms. The number of anilines is 2. The Labute approximate surface area is 238 Å². The number of aromatic nitrogens is 2. The summed E-state index contributed by atoms with van der Waals surface area (Å²) in [5.41, 5.74) is 1.02. The first kappa shape index (κ1) is 27.4. The number of rotatable bonds is 5. The van der Waals surface area contributed by atoms with Crippen molar-refractivity contribution in [3.05, 3.63) is 51.0 Å². The van der Waals surface area contributed by atoms with Crippen molar-refractivity contribution in [1.82, 2.24) is 19.8 Å². The van der Waals surface area contributed by atoms with Crippen LogP contribution in [0, 0.1) is 5.92 Å². The Hall–Kier alpha value is -2.74. The van der Waals surface area contributed by atoms with Crippen molar-refractivity contribution in [2.75, 3.05) is 37.8 Å². The van der Waals surface area contributed by atoms with Gasteiger partial charge in [0.25, 0.3) is 5.91 Å². The first-order valence-electron chi connectivity index (χ1n) is 12.8. The van der Waals surface area contributed by atoms with Crippen LogP contribution in [-0.4, -0.2) is 66.5 Å². The Morgan fingerprint density at radius 2 is 1.95 bits per heavy atom. The van der Waals surface area contributed by atoms with Gasteiger partial charge < -0.3 is 10.2 Å². The van der Waals surface area contributed by atoms with Gasteiger partial charge in [-0.2, -0.15) is 13.2 Å². The van der Waals surface area contributed by atoms with Crippen molar-refractivity contribution >= 4 is 50.3 Å². The van der Waals surface area contributed by atoms with Crippen LogP contribution in [0.4, 0.5) is 24.8 Å². The van der Waals surface area contributed by atoms with Gasteiger partial charge in [-0.05, 0) is 54.5 Å². The van der Waals surface area contributed by atoms with Gasteiger partial charge in [-0.25, -0.2) is 18.4 Å². The predicted molar refractivity (Wildman–Crippen MR) is 146 cm³/mol. The average Bonchev–Trinajstić information content (AvgIpc) is 3.60. The minimum Gasteiger partial charge on any atom is -0.340 e. The molecule has 14 heteroatoms. The van der Waals surface area contributed by atoms with Crippen molar-refractivity contribution in [3.63, 3.8) is 0 Å². The molecule has 1 aliphatic carbocycles. The lowest BCUT2D eigenvalue weighted by atomic mass is 9.98. The summed E-state index contributed by atoms with van der Waals surface area (Å²) in [6.07, 6.45) is -0.783. The van der Waals surface area contributed by atoms with E-state index < -0.39 is 33.2 Å². The normalized spacial score (nSPS) is 19.2. The third-order valence-electron chi connectivity index (χ3n) is 7.44. The molecule has 0 atom stereocenters. The van der Waals surface area contributed by atoms with Crippen LogP contribution in [0.25, 0.3) is 10.6 Å². The summed E-state index contributed by atoms with van der Waals surface area (Å²) in [4.78, 5) is 24.0. The van der Waals surface area contributed by atoms with E-state index in [1.165, 1.54) is 24.8 Å². The minimum atomic E-state index is -4.81. The number of hydrogen-bond donors (Lipinski definition) is 1. The number of sulfone groups is 1. The first-order valence-corrected chi connectivity index (χ1v) is 15.6. The van der Waals surface area contributed by atoms with E-state index in [2.05, 4.69) is 20.2 Å². The van der Waals surface area contributed by atoms with E-state index in [4.69, 9.17) is 11.6 Å². The second-order valence-corrected chi connectivity index (χ2v) is 14.0. The molecule has 0 bridgehead atoms. The lowest BCUT2D eigenvalue weighted by molar-refractivity contribution is -0.137. The smallest absolute Gasteiger partial charge is 0.340 e. The minimum absolute atomic E-state index is 0.00658. The van der Waals surface area contributed by atoms with E-state index in [0.29, 0.717) is 28.2 Å². The first-order chi connectivity index (χ1) is 18.9. The zero-order chi connectivity index (χ0) is 28.4. The Morgan fingerprint density at radius 1 is 1.18 bits per heavy atom. The maximum absolute atomic E-state index is 14.0. The zero-order valence-corrected chi connectivity index (χ0v) is 23.8. The molecule has 1 amide bonds. The highest BCUT2D eigenvalue weighted by Crippen LogP contribution is 2.42. The Bertz CT molecular complexity index is 1620. The second kappa shape index (κ2) is 9.97. The quantitative estimate of drug-likeness (QED) is 0.421. The van der Waals surface area contributed by atoms with Gasteiger partial charge in [0.2, 0.25) is 5.95 Å². The van der Waals surface area contributed by atoms with Gasteiger partial charge >= 0.3 is 6.18 Å². The molecule has 1 saturated carbocycles. The molecule has 6 rings (SSSR count). The van der Waals surface area contributed by atoms with Crippen LogP contribution < -0.4 is 5.32 Å². The number of halogens is 4. The molecule has 0 spiro atoms. The Morgan fingerprint density at radius 3 is 2.67 bits per heavy atom. The zero-order valence-electron chi connectivity index (χ0n) is 21.4. The molecule has 1 aromatic carbocycles. The summed E-state index contributed by atoms with van der Waals surface area (Å²) in [7, 11) is -2.42. The van der Waals surface area contributed by atoms with Gasteiger partial charge in [0.05, 0.1) is 31.9 Å². The van der Waals surface area contributed by atoms with Crippen molar-refractivity contribution in [3.8, 4) is 10.6 Å². The molecule has 0 unspecified atom stereocenters. The highest BCUT2D eigenvalue weighted by molar-refractivity contribution is 7.91. The Balaban J connectivity index is 1.35. The van der Waals surface area contributed by atoms with Crippen LogP contribution in [0.2, 0.25) is 5.02 Å². The van der Waals surface area contributed by atoms with Gasteiger partial charge in [0.15, 0.2) is 9.84 Å². The molecule has 1 N–H and O–H groups in total. The summed E-state index contributed by atoms with van der Waals surface area (Å²) in [6.45, 7) is 2.79. The van der Waals surface area contributed by atoms with Crippen LogP contribution >= 0.6 is 22.9 Å². The van der Waals surface area contributed by atoms with Gasteiger partial charge in [0, 0.05) is 39.4 Å². The number of amides is 1. The summed E-state index contributed by atoms with van der Waals surface area (Å²) >= 11 is 7.23. The number of benzene rings is 1. The van der Waals surface area contributed by atoms with Gasteiger partial charge in [-0.1, -0.05) is 11.6 Å². The number of nitrogens with one attached hydrogen (secondary N) is 1. The van der Waals surface area contributed by atoms with E-state index >= 15 is 0 Å². The topological polar surface area (TPSA) is 95.5 Å². The van der Waals surface area contributed by atoms with E-state index in [1.54, 1.807) is 0 Å². The van der Waals surface area contributed by atoms with Crippen LogP contribution in [-0.2, 0) is 29.0 Å². The fourth-order valence-corrected chi connectivity index (χ4v) is 8.29. The third kappa shape index (κ3) is 5.31. The van der Waals surface area contributed by atoms with Gasteiger partial charge in [-0.3, -0.25) is 9.69 Å². The molecule has 4 heterocycles. The van der Waals surface area contributed by atoms with E-state index in [0.717, 1.165) is 49.2 Å². The molecule has 3 aromatic rings. The molecule has 212 valence electrons. The van der Waals surface area contributed by atoms with Crippen molar-refractivity contribution in [1.29, 1.82) is 0 Å². The molecule has 8 nitrogen and oxygen atoms in total. The molecule has 1 fully saturated rings. The maximum atomic E-state index is 14.0. The van der Waals surface area contributed by atoms with Crippen LogP contribution in [0.3, 0.4) is 0 Å². The van der Waals surface area contributed by atoms with E-state index in [9.17, 15) is 26.4 Å². The number of thiophene rings is 1. The monoisotopic (exact) mass is 611 g/mol. The number of alkyl halides is 3. The molecular formula is C26H25ClF3N5O3S2. The lowest BCUT2D eigenvalue weighted by Crippen LogP contribution is -2.32. The molecular weight excluding hydrogens is 587 g/mol. The Kier molecular flexibility index (Phi) is 6.83. The van der Waals surface area contributed by atoms with Gasteiger partial charge in [-0.15, -0.1) is 11.3 Å². The van der Waals surface area contributed by atoms with Crippen LogP contribution in [0.15, 0.2) is 29.3 Å². The summed E-state index contributed by atoms with van der Waals surface area (Å²) < 4.78 is 67.5. The van der Waals surface area contributed by atoms with Crippen molar-refractivity contribution in [2.45, 2.75) is 36.9 Å². The highest BCUT2D eigenvalue weighted by Gasteiger charge is 2.38. The fraction of sp³-hybridized carbons (Fsp3) is 0.423. The molecule has 0 saturated heterocycles. The summed E-state index contributed by atoms with van der Waals surface area (Å²) in [5.74, 6) is -0.242. The van der Waals surface area contributed by atoms with E-state index in [-0.39, 0.29) is 32.9 Å². The lowest BCUT2D eigenvalue weighted by Gasteiger charge is -2.29. The number of hydrogen-bond acceptors (Lipinski definition) is 8. The highest BCUT2D eigenvalue weighted by atomic mass is 35.5. The molecule has 0 radical (unpaired) electrons. The largest absolute Gasteiger partial charge is 0.420 e. The second-order valence-electron chi connectivity index (χ2n) is 10.5. The number of fused-ring (bicyclic) bond motifs is 2. The molecule has 2 aliphatic heterocycles. The van der Waals surface area contributed by atoms with Crippen LogP contribution in [0.5, 0.6) is 0 Å². The predicted octanol–water partition coefficient (Wildman–Crippen LogP) is 5.25. The van der Waals surface area contributed by atoms with Crippen molar-refractivity contribution in [2.24, 2.45) is 5.92 Å². The number of carbonyl (C=O) groups excluding carboxylic acids is 1. The SMILES string of the molecule is CN1CCS(=O)(=O)c2cc(-c3nc(Nc4cc5c(cc4Cl)CN(CC4CC4)CC5)ncc3C(F)(F)F)sc2C1=O. The van der Waals surface area contributed by atoms with Crippen LogP contribution in [0.1, 0.15) is 39.2 Å². The molecule has 3 aliphatic rings.